The highest BCUT2D eigenvalue weighted by molar-refractivity contribution is 6.68. The standard InChI is InChI=1S/C10H3Cl4NO/c11-4-1-5-6(10(14)16)3-8(13)15-9(5)7(12)2-4/h1-3H. The Bertz CT molecular complexity index is 597. The summed E-state index contributed by atoms with van der Waals surface area (Å²) in [6, 6.07) is 4.48. The lowest BCUT2D eigenvalue weighted by atomic mass is 10.1. The second kappa shape index (κ2) is 4.38. The van der Waals surface area contributed by atoms with Gasteiger partial charge in [0, 0.05) is 16.0 Å². The molecule has 0 aliphatic rings. The smallest absolute Gasteiger partial charge is 0.253 e. The fourth-order valence-electron chi connectivity index (χ4n) is 1.38. The molecule has 0 aliphatic heterocycles. The molecule has 1 aromatic heterocycles. The Kier molecular flexibility index (Phi) is 3.27. The van der Waals surface area contributed by atoms with Gasteiger partial charge in [-0.1, -0.05) is 34.8 Å². The molecule has 0 bridgehead atoms. The zero-order valence-corrected chi connectivity index (χ0v) is 10.6. The lowest BCUT2D eigenvalue weighted by Gasteiger charge is -2.05. The lowest BCUT2D eigenvalue weighted by Crippen LogP contribution is -1.94. The molecule has 2 aromatic rings. The largest absolute Gasteiger partial charge is 0.276 e. The lowest BCUT2D eigenvalue weighted by molar-refractivity contribution is 0.108. The molecule has 0 fully saturated rings. The molecule has 2 nitrogen and oxygen atoms in total. The fourth-order valence-corrected chi connectivity index (χ4v) is 2.27. The first-order valence-corrected chi connectivity index (χ1v) is 5.65. The van der Waals surface area contributed by atoms with Gasteiger partial charge in [-0.3, -0.25) is 4.79 Å². The quantitative estimate of drug-likeness (QED) is 0.569. The van der Waals surface area contributed by atoms with Crippen LogP contribution in [-0.2, 0) is 0 Å². The van der Waals surface area contributed by atoms with E-state index in [0.717, 1.165) is 0 Å². The first-order valence-electron chi connectivity index (χ1n) is 4.14. The van der Waals surface area contributed by atoms with Crippen LogP contribution in [-0.4, -0.2) is 10.2 Å². The number of hydrogen-bond donors (Lipinski definition) is 0. The van der Waals surface area contributed by atoms with Gasteiger partial charge in [0.15, 0.2) is 0 Å². The number of nitrogens with zero attached hydrogens (tertiary/aromatic N) is 1. The van der Waals surface area contributed by atoms with Crippen molar-refractivity contribution in [3.63, 3.8) is 0 Å². The fraction of sp³-hybridized carbons (Fsp3) is 0. The van der Waals surface area contributed by atoms with Gasteiger partial charge in [0.2, 0.25) is 0 Å². The van der Waals surface area contributed by atoms with Crippen molar-refractivity contribution in [3.8, 4) is 0 Å². The Labute approximate surface area is 111 Å². The van der Waals surface area contributed by atoms with Crippen LogP contribution in [0, 0.1) is 0 Å². The zero-order valence-electron chi connectivity index (χ0n) is 7.60. The molecule has 0 saturated carbocycles. The first-order chi connectivity index (χ1) is 7.49. The van der Waals surface area contributed by atoms with Crippen LogP contribution in [0.1, 0.15) is 10.4 Å². The average molecular weight is 295 g/mol. The van der Waals surface area contributed by atoms with Crippen molar-refractivity contribution in [2.45, 2.75) is 0 Å². The molecule has 0 radical (unpaired) electrons. The molecule has 6 heteroatoms. The predicted octanol–water partition coefficient (Wildman–Crippen LogP) is 4.57. The minimum absolute atomic E-state index is 0.153. The van der Waals surface area contributed by atoms with Crippen LogP contribution in [0.15, 0.2) is 18.2 Å². The average Bonchev–Trinajstić information content (AvgIpc) is 2.18. The van der Waals surface area contributed by atoms with E-state index in [-0.39, 0.29) is 10.7 Å². The summed E-state index contributed by atoms with van der Waals surface area (Å²) >= 11 is 23.0. The van der Waals surface area contributed by atoms with E-state index in [4.69, 9.17) is 46.4 Å². The number of hydrogen-bond acceptors (Lipinski definition) is 2. The summed E-state index contributed by atoms with van der Waals surface area (Å²) in [5, 5.41) is 0.736. The molecule has 0 saturated heterocycles. The van der Waals surface area contributed by atoms with E-state index >= 15 is 0 Å². The minimum atomic E-state index is -0.632. The second-order valence-electron chi connectivity index (χ2n) is 3.05. The third kappa shape index (κ3) is 2.11. The van der Waals surface area contributed by atoms with Crippen LogP contribution >= 0.6 is 46.4 Å². The summed E-state index contributed by atoms with van der Waals surface area (Å²) < 4.78 is 0. The monoisotopic (exact) mass is 293 g/mol. The number of carbonyl (C=O) groups is 1. The summed E-state index contributed by atoms with van der Waals surface area (Å²) in [5.41, 5.74) is 0.642. The number of benzene rings is 1. The summed E-state index contributed by atoms with van der Waals surface area (Å²) in [5.74, 6) is 0. The highest BCUT2D eigenvalue weighted by atomic mass is 35.5. The third-order valence-electron chi connectivity index (χ3n) is 2.01. The second-order valence-corrected chi connectivity index (χ2v) is 4.62. The molecule has 0 aliphatic carbocycles. The molecule has 2 rings (SSSR count). The van der Waals surface area contributed by atoms with E-state index in [1.165, 1.54) is 12.1 Å². The number of aromatic nitrogens is 1. The highest BCUT2D eigenvalue weighted by Crippen LogP contribution is 2.31. The molecule has 1 heterocycles. The number of rotatable bonds is 1. The van der Waals surface area contributed by atoms with Crippen molar-refractivity contribution in [1.29, 1.82) is 0 Å². The maximum absolute atomic E-state index is 11.2. The van der Waals surface area contributed by atoms with Crippen molar-refractivity contribution >= 4 is 62.5 Å². The molecule has 1 aromatic carbocycles. The van der Waals surface area contributed by atoms with Crippen LogP contribution in [0.2, 0.25) is 15.2 Å². The molecule has 0 N–H and O–H groups in total. The van der Waals surface area contributed by atoms with Crippen molar-refractivity contribution in [2.24, 2.45) is 0 Å². The Morgan fingerprint density at radius 2 is 1.81 bits per heavy atom. The molecular weight excluding hydrogens is 292 g/mol. The zero-order chi connectivity index (χ0) is 11.9. The van der Waals surface area contributed by atoms with Crippen LogP contribution < -0.4 is 0 Å². The van der Waals surface area contributed by atoms with E-state index in [1.54, 1.807) is 6.07 Å². The topological polar surface area (TPSA) is 30.0 Å². The van der Waals surface area contributed by atoms with Gasteiger partial charge in [-0.25, -0.2) is 4.98 Å². The summed E-state index contributed by atoms with van der Waals surface area (Å²) in [6.45, 7) is 0. The van der Waals surface area contributed by atoms with E-state index in [0.29, 0.717) is 20.9 Å². The van der Waals surface area contributed by atoms with Crippen molar-refractivity contribution in [2.75, 3.05) is 0 Å². The van der Waals surface area contributed by atoms with Gasteiger partial charge in [-0.2, -0.15) is 0 Å². The van der Waals surface area contributed by atoms with E-state index in [9.17, 15) is 4.79 Å². The molecule has 0 atom stereocenters. The summed E-state index contributed by atoms with van der Waals surface area (Å²) in [4.78, 5) is 15.3. The Morgan fingerprint density at radius 1 is 1.12 bits per heavy atom. The normalized spacial score (nSPS) is 10.8. The van der Waals surface area contributed by atoms with Gasteiger partial charge in [0.05, 0.1) is 10.5 Å². The summed E-state index contributed by atoms with van der Waals surface area (Å²) in [7, 11) is 0. The molecule has 0 unspecified atom stereocenters. The summed E-state index contributed by atoms with van der Waals surface area (Å²) in [6.07, 6.45) is 0. The van der Waals surface area contributed by atoms with Crippen LogP contribution in [0.3, 0.4) is 0 Å². The van der Waals surface area contributed by atoms with E-state index in [2.05, 4.69) is 4.98 Å². The van der Waals surface area contributed by atoms with E-state index in [1.807, 2.05) is 0 Å². The molecule has 0 spiro atoms. The maximum atomic E-state index is 11.2. The molecule has 0 amide bonds. The number of halogens is 4. The van der Waals surface area contributed by atoms with Gasteiger partial charge in [-0.05, 0) is 29.8 Å². The maximum Gasteiger partial charge on any atom is 0.253 e. The van der Waals surface area contributed by atoms with Gasteiger partial charge < -0.3 is 0 Å². The predicted molar refractivity (Wildman–Crippen MR) is 67.0 cm³/mol. The third-order valence-corrected chi connectivity index (χ3v) is 2.92. The molecule has 16 heavy (non-hydrogen) atoms. The van der Waals surface area contributed by atoms with Gasteiger partial charge >= 0.3 is 0 Å². The Morgan fingerprint density at radius 3 is 2.44 bits per heavy atom. The van der Waals surface area contributed by atoms with Crippen LogP contribution in [0.5, 0.6) is 0 Å². The number of fused-ring (bicyclic) bond motifs is 1. The van der Waals surface area contributed by atoms with Gasteiger partial charge in [0.1, 0.15) is 5.15 Å². The van der Waals surface area contributed by atoms with Gasteiger partial charge in [-0.15, -0.1) is 0 Å². The Balaban J connectivity index is 2.95. The number of pyridine rings is 1. The molecule has 82 valence electrons. The van der Waals surface area contributed by atoms with Gasteiger partial charge in [0.25, 0.3) is 5.24 Å². The van der Waals surface area contributed by atoms with E-state index < -0.39 is 5.24 Å². The van der Waals surface area contributed by atoms with Crippen molar-refractivity contribution < 1.29 is 4.79 Å². The SMILES string of the molecule is O=C(Cl)c1cc(Cl)nc2c(Cl)cc(Cl)cc12. The molecular formula is C10H3Cl4NO. The van der Waals surface area contributed by atoms with Crippen LogP contribution in [0.4, 0.5) is 0 Å². The highest BCUT2D eigenvalue weighted by Gasteiger charge is 2.13. The number of carbonyl (C=O) groups excluding carboxylic acids is 1. The van der Waals surface area contributed by atoms with Crippen molar-refractivity contribution in [1.82, 2.24) is 4.98 Å². The van der Waals surface area contributed by atoms with Crippen molar-refractivity contribution in [3.05, 3.63) is 39.0 Å². The Hall–Kier alpha value is -0.540. The first kappa shape index (κ1) is 11.9. The minimum Gasteiger partial charge on any atom is -0.276 e. The van der Waals surface area contributed by atoms with Crippen LogP contribution in [0.25, 0.3) is 10.9 Å².